The number of hydrogen-bond donors (Lipinski definition) is 0. The van der Waals surface area contributed by atoms with Gasteiger partial charge in [-0.2, -0.15) is 0 Å². The van der Waals surface area contributed by atoms with Gasteiger partial charge in [-0.3, -0.25) is 0 Å². The summed E-state index contributed by atoms with van der Waals surface area (Å²) < 4.78 is 9.50. The van der Waals surface area contributed by atoms with Gasteiger partial charge in [0.25, 0.3) is 0 Å². The molecule has 2 atom stereocenters. The third-order valence-electron chi connectivity index (χ3n) is 12.7. The molecule has 1 aliphatic heterocycles. The maximum absolute atomic E-state index is 6.95. The first-order valence-electron chi connectivity index (χ1n) is 20.7. The summed E-state index contributed by atoms with van der Waals surface area (Å²) in [5.74, 6) is 0.334. The SMILES string of the molecule is C1=CC2c3ccccc3N(c3cccc(-c4cccc(N(c5cccc6c5oc5ccc7ccccc7c56)c5cccc6c5sc5c7ccccc7ccc65)c4)c3)C2C=C1. The zero-order valence-electron chi connectivity index (χ0n) is 32.5. The molecule has 4 heteroatoms. The van der Waals surface area contributed by atoms with Gasteiger partial charge in [-0.15, -0.1) is 11.3 Å². The Hall–Kier alpha value is -7.40. The summed E-state index contributed by atoms with van der Waals surface area (Å²) in [4.78, 5) is 4.94. The summed E-state index contributed by atoms with van der Waals surface area (Å²) in [6.07, 6.45) is 9.06. The first-order chi connectivity index (χ1) is 29.8. The highest BCUT2D eigenvalue weighted by molar-refractivity contribution is 7.27. The van der Waals surface area contributed by atoms with Crippen molar-refractivity contribution in [1.29, 1.82) is 0 Å². The van der Waals surface area contributed by atoms with Crippen molar-refractivity contribution in [3.63, 3.8) is 0 Å². The van der Waals surface area contributed by atoms with Crippen LogP contribution in [0.5, 0.6) is 0 Å². The van der Waals surface area contributed by atoms with Crippen molar-refractivity contribution in [1.82, 2.24) is 0 Å². The van der Waals surface area contributed by atoms with E-state index in [0.717, 1.165) is 44.6 Å². The van der Waals surface area contributed by atoms with Gasteiger partial charge in [0.1, 0.15) is 5.58 Å². The zero-order valence-corrected chi connectivity index (χ0v) is 33.3. The van der Waals surface area contributed by atoms with E-state index < -0.39 is 0 Å². The monoisotopic (exact) mass is 784 g/mol. The molecule has 3 nitrogen and oxygen atoms in total. The minimum atomic E-state index is 0.241. The number of furan rings is 1. The highest BCUT2D eigenvalue weighted by atomic mass is 32.1. The molecule has 3 heterocycles. The van der Waals surface area contributed by atoms with Gasteiger partial charge in [-0.1, -0.05) is 158 Å². The summed E-state index contributed by atoms with van der Waals surface area (Å²) in [5, 5.41) is 9.74. The van der Waals surface area contributed by atoms with Crippen molar-refractivity contribution in [2.24, 2.45) is 0 Å². The Bertz CT molecular complexity index is 3590. The molecule has 11 aromatic rings. The van der Waals surface area contributed by atoms with E-state index in [0.29, 0.717) is 5.92 Å². The van der Waals surface area contributed by atoms with Gasteiger partial charge in [0, 0.05) is 49.2 Å². The molecule has 1 aliphatic carbocycles. The van der Waals surface area contributed by atoms with Crippen LogP contribution in [0.1, 0.15) is 11.5 Å². The van der Waals surface area contributed by atoms with Crippen molar-refractivity contribution in [2.75, 3.05) is 9.80 Å². The molecule has 2 aliphatic rings. The van der Waals surface area contributed by atoms with Crippen molar-refractivity contribution in [3.8, 4) is 11.1 Å². The average Bonchev–Trinajstić information content (AvgIpc) is 4.00. The summed E-state index contributed by atoms with van der Waals surface area (Å²) in [6, 6.07) is 66.8. The summed E-state index contributed by atoms with van der Waals surface area (Å²) >= 11 is 1.88. The van der Waals surface area contributed by atoms with Gasteiger partial charge in [0.05, 0.1) is 22.1 Å². The summed E-state index contributed by atoms with van der Waals surface area (Å²) in [7, 11) is 0. The number of hydrogen-bond acceptors (Lipinski definition) is 4. The number of thiophene rings is 1. The lowest BCUT2D eigenvalue weighted by molar-refractivity contribution is 0.669. The molecule has 0 fully saturated rings. The number of para-hydroxylation sites is 2. The molecule has 2 unspecified atom stereocenters. The van der Waals surface area contributed by atoms with Crippen LogP contribution in [0.25, 0.3) is 74.8 Å². The number of benzene rings is 9. The Morgan fingerprint density at radius 1 is 0.500 bits per heavy atom. The molecule has 0 amide bonds. The maximum atomic E-state index is 6.95. The molecule has 0 N–H and O–H groups in total. The van der Waals surface area contributed by atoms with Crippen LogP contribution >= 0.6 is 11.3 Å². The molecular formula is C56H36N2OS. The first kappa shape index (κ1) is 33.6. The number of nitrogens with zero attached hydrogens (tertiary/aromatic N) is 2. The maximum Gasteiger partial charge on any atom is 0.159 e. The third kappa shape index (κ3) is 4.95. The fourth-order valence-corrected chi connectivity index (χ4v) is 11.4. The van der Waals surface area contributed by atoms with Gasteiger partial charge >= 0.3 is 0 Å². The van der Waals surface area contributed by atoms with Crippen LogP contribution in [0.4, 0.5) is 28.4 Å². The molecule has 0 radical (unpaired) electrons. The van der Waals surface area contributed by atoms with Crippen LogP contribution in [-0.4, -0.2) is 6.04 Å². The number of anilines is 5. The molecule has 0 saturated heterocycles. The van der Waals surface area contributed by atoms with Gasteiger partial charge in [0.2, 0.25) is 0 Å². The quantitative estimate of drug-likeness (QED) is 0.173. The molecule has 0 spiro atoms. The average molecular weight is 785 g/mol. The van der Waals surface area contributed by atoms with Crippen molar-refractivity contribution in [2.45, 2.75) is 12.0 Å². The standard InChI is InChI=1S/C56H36N2OS/c1-3-19-41-35(13-1)30-32-52-53(41)47-24-12-27-50(54(47)59-52)58(51-28-11-23-45-46-31-29-36-14-2-4-20-42(36)55(46)60-56(45)51)40-18-10-16-38(34-40)37-15-9-17-39(33-37)57-48-25-7-5-21-43(48)44-22-6-8-26-49(44)57/h1-34,43,48H. The Labute approximate surface area is 351 Å². The molecule has 9 aromatic carbocycles. The molecule has 0 bridgehead atoms. The van der Waals surface area contributed by atoms with Crippen molar-refractivity contribution in [3.05, 3.63) is 212 Å². The zero-order chi connectivity index (χ0) is 39.3. The topological polar surface area (TPSA) is 19.6 Å². The lowest BCUT2D eigenvalue weighted by atomic mass is 9.91. The van der Waals surface area contributed by atoms with E-state index >= 15 is 0 Å². The van der Waals surface area contributed by atoms with Crippen LogP contribution in [-0.2, 0) is 0 Å². The largest absolute Gasteiger partial charge is 0.454 e. The lowest BCUT2D eigenvalue weighted by Crippen LogP contribution is -2.28. The van der Waals surface area contributed by atoms with E-state index in [1.54, 1.807) is 0 Å². The molecule has 60 heavy (non-hydrogen) atoms. The second-order valence-corrected chi connectivity index (χ2v) is 17.0. The van der Waals surface area contributed by atoms with Gasteiger partial charge in [-0.05, 0) is 86.8 Å². The predicted octanol–water partition coefficient (Wildman–Crippen LogP) is 16.1. The van der Waals surface area contributed by atoms with Crippen molar-refractivity contribution >= 4 is 103 Å². The molecule has 282 valence electrons. The van der Waals surface area contributed by atoms with Crippen LogP contribution in [0, 0.1) is 0 Å². The second kappa shape index (κ2) is 13.1. The Balaban J connectivity index is 1.03. The van der Waals surface area contributed by atoms with Crippen LogP contribution in [0.3, 0.4) is 0 Å². The van der Waals surface area contributed by atoms with Crippen LogP contribution in [0.15, 0.2) is 211 Å². The number of rotatable bonds is 5. The number of fused-ring (bicyclic) bond motifs is 13. The van der Waals surface area contributed by atoms with E-state index in [9.17, 15) is 0 Å². The van der Waals surface area contributed by atoms with E-state index in [1.165, 1.54) is 64.2 Å². The Morgan fingerprint density at radius 2 is 1.18 bits per heavy atom. The van der Waals surface area contributed by atoms with Crippen molar-refractivity contribution < 1.29 is 4.42 Å². The highest BCUT2D eigenvalue weighted by Crippen LogP contribution is 2.51. The van der Waals surface area contributed by atoms with Crippen LogP contribution < -0.4 is 9.80 Å². The van der Waals surface area contributed by atoms with E-state index in [1.807, 2.05) is 11.3 Å². The smallest absolute Gasteiger partial charge is 0.159 e. The van der Waals surface area contributed by atoms with Gasteiger partial charge in [0.15, 0.2) is 5.58 Å². The second-order valence-electron chi connectivity index (χ2n) is 16.0. The first-order valence-corrected chi connectivity index (χ1v) is 21.5. The third-order valence-corrected chi connectivity index (χ3v) is 14.0. The minimum Gasteiger partial charge on any atom is -0.454 e. The molecule has 13 rings (SSSR count). The summed E-state index contributed by atoms with van der Waals surface area (Å²) in [6.45, 7) is 0. The Kier molecular flexibility index (Phi) is 7.30. The predicted molar refractivity (Wildman–Crippen MR) is 255 cm³/mol. The van der Waals surface area contributed by atoms with E-state index in [-0.39, 0.29) is 6.04 Å². The van der Waals surface area contributed by atoms with E-state index in [4.69, 9.17) is 4.42 Å². The van der Waals surface area contributed by atoms with E-state index in [2.05, 4.69) is 216 Å². The molecule has 0 saturated carbocycles. The lowest BCUT2D eigenvalue weighted by Gasteiger charge is -2.29. The molecular weight excluding hydrogens is 749 g/mol. The minimum absolute atomic E-state index is 0.241. The van der Waals surface area contributed by atoms with Gasteiger partial charge in [-0.25, -0.2) is 0 Å². The summed E-state index contributed by atoms with van der Waals surface area (Å²) in [5.41, 5.74) is 11.1. The fourth-order valence-electron chi connectivity index (χ4n) is 10.1. The molecule has 2 aromatic heterocycles. The number of allylic oxidation sites excluding steroid dienone is 2. The normalized spacial score (nSPS) is 15.8. The van der Waals surface area contributed by atoms with Gasteiger partial charge < -0.3 is 14.2 Å². The Morgan fingerprint density at radius 3 is 2.10 bits per heavy atom. The highest BCUT2D eigenvalue weighted by Gasteiger charge is 2.37. The van der Waals surface area contributed by atoms with Crippen LogP contribution in [0.2, 0.25) is 0 Å². The fraction of sp³-hybridized carbons (Fsp3) is 0.0357.